The van der Waals surface area contributed by atoms with Gasteiger partial charge >= 0.3 is 11.9 Å². The van der Waals surface area contributed by atoms with E-state index >= 15 is 0 Å². The zero-order chi connectivity index (χ0) is 21.2. The predicted molar refractivity (Wildman–Crippen MR) is 93.7 cm³/mol. The van der Waals surface area contributed by atoms with Gasteiger partial charge in [-0.2, -0.15) is 0 Å². The third kappa shape index (κ3) is 7.66. The number of hydrogen-bond acceptors (Lipinski definition) is 9. The molecule has 0 atom stereocenters. The molecule has 0 saturated carbocycles. The summed E-state index contributed by atoms with van der Waals surface area (Å²) in [6, 6.07) is 0. The zero-order valence-electron chi connectivity index (χ0n) is 15.5. The fourth-order valence-electron chi connectivity index (χ4n) is 2.40. The van der Waals surface area contributed by atoms with Gasteiger partial charge in [-0.3, -0.25) is 39.4 Å². The highest BCUT2D eigenvalue weighted by Gasteiger charge is 2.24. The number of carbonyl (C=O) groups excluding carboxylic acids is 6. The molecule has 3 heterocycles. The number of hydrogen-bond donors (Lipinski definition) is 2. The van der Waals surface area contributed by atoms with Crippen LogP contribution in [-0.2, 0) is 43.0 Å². The molecule has 0 aliphatic carbocycles. The van der Waals surface area contributed by atoms with E-state index in [0.717, 1.165) is 25.4 Å². The number of rotatable bonds is 7. The smallest absolute Gasteiger partial charge is 0.310 e. The van der Waals surface area contributed by atoms with Crippen molar-refractivity contribution in [3.05, 3.63) is 23.3 Å². The summed E-state index contributed by atoms with van der Waals surface area (Å²) in [5, 5.41) is 3.97. The van der Waals surface area contributed by atoms with Crippen LogP contribution < -0.4 is 10.6 Å². The molecule has 2 N–H and O–H groups in total. The lowest BCUT2D eigenvalue weighted by molar-refractivity contribution is -0.151. The lowest BCUT2D eigenvalue weighted by Crippen LogP contribution is -2.23. The molecule has 3 aliphatic rings. The summed E-state index contributed by atoms with van der Waals surface area (Å²) in [5.74, 6) is -4.01. The van der Waals surface area contributed by atoms with E-state index in [0.29, 0.717) is 0 Å². The van der Waals surface area contributed by atoms with Gasteiger partial charge in [0.25, 0.3) is 23.6 Å². The Hall–Kier alpha value is -3.34. The van der Waals surface area contributed by atoms with E-state index in [1.165, 1.54) is 12.8 Å². The Labute approximate surface area is 165 Å². The van der Waals surface area contributed by atoms with Gasteiger partial charge in [0, 0.05) is 36.5 Å². The Bertz CT molecular complexity index is 711. The number of esters is 2. The Balaban J connectivity index is 0.000000521. The van der Waals surface area contributed by atoms with Gasteiger partial charge in [0.05, 0.1) is 12.8 Å². The van der Waals surface area contributed by atoms with Crippen LogP contribution in [0.5, 0.6) is 0 Å². The molecule has 11 nitrogen and oxygen atoms in total. The lowest BCUT2D eigenvalue weighted by atomic mass is 10.2. The van der Waals surface area contributed by atoms with E-state index in [4.69, 9.17) is 14.2 Å². The van der Waals surface area contributed by atoms with Crippen LogP contribution in [0.4, 0.5) is 0 Å². The number of imide groups is 2. The maximum atomic E-state index is 11.5. The first-order valence-electron chi connectivity index (χ1n) is 8.86. The molecule has 0 unspecified atom stereocenters. The molecule has 0 bridgehead atoms. The third-order valence-corrected chi connectivity index (χ3v) is 3.77. The van der Waals surface area contributed by atoms with Crippen molar-refractivity contribution in [3.8, 4) is 0 Å². The van der Waals surface area contributed by atoms with Crippen LogP contribution in [0.1, 0.15) is 25.7 Å². The topological polar surface area (TPSA) is 154 Å². The van der Waals surface area contributed by atoms with Crippen molar-refractivity contribution >= 4 is 35.6 Å². The average Bonchev–Trinajstić information content (AvgIpc) is 3.37. The average molecular weight is 408 g/mol. The molecule has 0 aromatic carbocycles. The van der Waals surface area contributed by atoms with E-state index in [1.54, 1.807) is 0 Å². The molecule has 0 aromatic heterocycles. The summed E-state index contributed by atoms with van der Waals surface area (Å²) in [7, 11) is 0. The molecule has 4 amide bonds. The molecular formula is C18H20N2O9. The summed E-state index contributed by atoms with van der Waals surface area (Å²) in [4.78, 5) is 67.1. The third-order valence-electron chi connectivity index (χ3n) is 3.77. The maximum absolute atomic E-state index is 11.5. The van der Waals surface area contributed by atoms with Gasteiger partial charge in [0.2, 0.25) is 0 Å². The number of nitrogens with one attached hydrogen (secondary N) is 2. The van der Waals surface area contributed by atoms with Crippen LogP contribution >= 0.6 is 0 Å². The van der Waals surface area contributed by atoms with Gasteiger partial charge in [-0.1, -0.05) is 0 Å². The highest BCUT2D eigenvalue weighted by Crippen LogP contribution is 2.09. The largest absolute Gasteiger partial charge is 0.462 e. The van der Waals surface area contributed by atoms with Crippen molar-refractivity contribution in [2.75, 3.05) is 26.4 Å². The van der Waals surface area contributed by atoms with Gasteiger partial charge < -0.3 is 14.2 Å². The SMILES string of the molecule is C1CCOC1.O=C1C=C(CC(=O)OCCOC(=O)CC2=CC(=O)NC2=O)C(=O)N1. The molecular weight excluding hydrogens is 388 g/mol. The van der Waals surface area contributed by atoms with Gasteiger partial charge in [0.1, 0.15) is 13.2 Å². The van der Waals surface area contributed by atoms with E-state index in [-0.39, 0.29) is 37.2 Å². The van der Waals surface area contributed by atoms with E-state index in [1.807, 2.05) is 10.6 Å². The van der Waals surface area contributed by atoms with Crippen LogP contribution in [0, 0.1) is 0 Å². The Morgan fingerprint density at radius 3 is 1.48 bits per heavy atom. The monoisotopic (exact) mass is 408 g/mol. The Morgan fingerprint density at radius 1 is 0.793 bits per heavy atom. The standard InChI is InChI=1S/C14H12N2O8.C4H8O/c17-9-3-7(13(21)15-9)5-11(19)23-1-2-24-12(20)6-8-4-10(18)16-14(8)22;1-2-4-5-3-1/h3-4H,1-2,5-6H2,(H,15,17,21)(H,16,18,22);1-4H2. The van der Waals surface area contributed by atoms with E-state index in [9.17, 15) is 28.8 Å². The van der Waals surface area contributed by atoms with Crippen LogP contribution in [-0.4, -0.2) is 62.0 Å². The van der Waals surface area contributed by atoms with Crippen LogP contribution in [0.3, 0.4) is 0 Å². The summed E-state index contributed by atoms with van der Waals surface area (Å²) >= 11 is 0. The van der Waals surface area contributed by atoms with Crippen molar-refractivity contribution in [2.45, 2.75) is 25.7 Å². The molecule has 3 aliphatic heterocycles. The molecule has 1 saturated heterocycles. The molecule has 11 heteroatoms. The van der Waals surface area contributed by atoms with Gasteiger partial charge in [0.15, 0.2) is 0 Å². The van der Waals surface area contributed by atoms with E-state index < -0.39 is 35.6 Å². The van der Waals surface area contributed by atoms with Crippen molar-refractivity contribution < 1.29 is 43.0 Å². The second-order valence-corrected chi connectivity index (χ2v) is 6.09. The summed E-state index contributed by atoms with van der Waals surface area (Å²) < 4.78 is 14.4. The van der Waals surface area contributed by atoms with Crippen molar-refractivity contribution in [1.29, 1.82) is 0 Å². The number of carbonyl (C=O) groups is 6. The summed E-state index contributed by atoms with van der Waals surface area (Å²) in [6.45, 7) is 1.50. The van der Waals surface area contributed by atoms with Crippen LogP contribution in [0.15, 0.2) is 23.3 Å². The summed E-state index contributed by atoms with van der Waals surface area (Å²) in [6.07, 6.45) is 3.82. The predicted octanol–water partition coefficient (Wildman–Crippen LogP) is -1.18. The Morgan fingerprint density at radius 2 is 1.21 bits per heavy atom. The minimum atomic E-state index is -0.759. The molecule has 0 radical (unpaired) electrons. The van der Waals surface area contributed by atoms with Gasteiger partial charge in [-0.15, -0.1) is 0 Å². The van der Waals surface area contributed by atoms with Crippen molar-refractivity contribution in [2.24, 2.45) is 0 Å². The zero-order valence-corrected chi connectivity index (χ0v) is 15.5. The van der Waals surface area contributed by atoms with Crippen molar-refractivity contribution in [3.63, 3.8) is 0 Å². The first-order valence-corrected chi connectivity index (χ1v) is 8.86. The fraction of sp³-hybridized carbons (Fsp3) is 0.444. The summed E-state index contributed by atoms with van der Waals surface area (Å²) in [5.41, 5.74) is -0.0170. The van der Waals surface area contributed by atoms with E-state index in [2.05, 4.69) is 0 Å². The molecule has 156 valence electrons. The highest BCUT2D eigenvalue weighted by molar-refractivity contribution is 6.18. The minimum absolute atomic E-state index is 0.00848. The molecule has 3 rings (SSSR count). The molecule has 29 heavy (non-hydrogen) atoms. The fourth-order valence-corrected chi connectivity index (χ4v) is 2.40. The number of ether oxygens (including phenoxy) is 3. The quantitative estimate of drug-likeness (QED) is 0.301. The van der Waals surface area contributed by atoms with Crippen molar-refractivity contribution in [1.82, 2.24) is 10.6 Å². The molecule has 1 fully saturated rings. The minimum Gasteiger partial charge on any atom is -0.462 e. The normalized spacial score (nSPS) is 17.7. The highest BCUT2D eigenvalue weighted by atomic mass is 16.6. The second kappa shape index (κ2) is 10.9. The lowest BCUT2D eigenvalue weighted by Gasteiger charge is -2.06. The first-order chi connectivity index (χ1) is 13.8. The molecule has 0 spiro atoms. The maximum Gasteiger partial charge on any atom is 0.310 e. The van der Waals surface area contributed by atoms with Gasteiger partial charge in [-0.05, 0) is 12.8 Å². The van der Waals surface area contributed by atoms with Crippen LogP contribution in [0.2, 0.25) is 0 Å². The van der Waals surface area contributed by atoms with Crippen LogP contribution in [0.25, 0.3) is 0 Å². The second-order valence-electron chi connectivity index (χ2n) is 6.09. The number of amides is 4. The Kier molecular flexibility index (Phi) is 8.22. The first kappa shape index (κ1) is 22.0. The molecule has 0 aromatic rings. The van der Waals surface area contributed by atoms with Gasteiger partial charge in [-0.25, -0.2) is 0 Å².